The molecule has 27 heavy (non-hydrogen) atoms. The van der Waals surface area contributed by atoms with Gasteiger partial charge in [-0.25, -0.2) is 4.98 Å². The summed E-state index contributed by atoms with van der Waals surface area (Å²) < 4.78 is 38.4. The van der Waals surface area contributed by atoms with Crippen LogP contribution in [0.2, 0.25) is 0 Å². The Morgan fingerprint density at radius 1 is 1.30 bits per heavy atom. The lowest BCUT2D eigenvalue weighted by atomic mass is 9.95. The first-order valence-electron chi connectivity index (χ1n) is 8.99. The molecule has 4 heterocycles. The fraction of sp³-hybridized carbons (Fsp3) is 0.647. The molecule has 4 atom stereocenters. The van der Waals surface area contributed by atoms with E-state index in [1.54, 1.807) is 9.80 Å². The number of nitriles is 1. The molecule has 1 N–H and O–H groups in total. The summed E-state index contributed by atoms with van der Waals surface area (Å²) in [5.41, 5.74) is -1.04. The zero-order valence-electron chi connectivity index (χ0n) is 14.5. The van der Waals surface area contributed by atoms with E-state index in [0.29, 0.717) is 25.7 Å². The Labute approximate surface area is 154 Å². The molecule has 1 amide bonds. The fourth-order valence-electron chi connectivity index (χ4n) is 4.43. The average molecular weight is 380 g/mol. The van der Waals surface area contributed by atoms with Gasteiger partial charge in [0.2, 0.25) is 5.91 Å². The Bertz CT molecular complexity index is 779. The molecular formula is C17H19F3N6O. The molecule has 0 aliphatic carbocycles. The molecule has 1 aromatic rings. The Hall–Kier alpha value is -2.57. The van der Waals surface area contributed by atoms with Crippen molar-refractivity contribution in [2.75, 3.05) is 18.0 Å². The van der Waals surface area contributed by atoms with Gasteiger partial charge in [-0.15, -0.1) is 0 Å². The van der Waals surface area contributed by atoms with Crippen LogP contribution in [0.15, 0.2) is 12.4 Å². The van der Waals surface area contributed by atoms with Crippen molar-refractivity contribution in [2.24, 2.45) is 5.92 Å². The highest BCUT2D eigenvalue weighted by molar-refractivity contribution is 5.80. The van der Waals surface area contributed by atoms with Gasteiger partial charge in [0.25, 0.3) is 0 Å². The van der Waals surface area contributed by atoms with Gasteiger partial charge in [-0.1, -0.05) is 0 Å². The van der Waals surface area contributed by atoms with Crippen molar-refractivity contribution >= 4 is 11.7 Å². The summed E-state index contributed by atoms with van der Waals surface area (Å²) in [5.74, 6) is -0.278. The molecule has 1 aromatic heterocycles. The van der Waals surface area contributed by atoms with Crippen LogP contribution in [0.25, 0.3) is 0 Å². The van der Waals surface area contributed by atoms with E-state index in [4.69, 9.17) is 0 Å². The zero-order chi connectivity index (χ0) is 19.2. The summed E-state index contributed by atoms with van der Waals surface area (Å²) in [6.45, 7) is 0.764. The first-order chi connectivity index (χ1) is 12.9. The standard InChI is InChI=1S/C17H19F3N6O/c18-17(19,20)14-6-22-7-15(24-14)25-4-3-10(8-25)16(27)23-12-5-11-1-2-13(12)26(11)9-21/h6-7,10-13H,1-5,8H2,(H,23,27)/t10?,11-,12+,13+/m0/s1. The van der Waals surface area contributed by atoms with Gasteiger partial charge in [-0.05, 0) is 25.7 Å². The van der Waals surface area contributed by atoms with E-state index in [1.165, 1.54) is 6.20 Å². The largest absolute Gasteiger partial charge is 0.434 e. The molecule has 4 rings (SSSR count). The maximum absolute atomic E-state index is 12.8. The summed E-state index contributed by atoms with van der Waals surface area (Å²) in [7, 11) is 0. The normalized spacial score (nSPS) is 29.9. The van der Waals surface area contributed by atoms with Crippen LogP contribution in [0.5, 0.6) is 0 Å². The highest BCUT2D eigenvalue weighted by Gasteiger charge is 2.47. The second-order valence-electron chi connectivity index (χ2n) is 7.35. The number of anilines is 1. The van der Waals surface area contributed by atoms with Crippen molar-refractivity contribution in [1.82, 2.24) is 20.2 Å². The summed E-state index contributed by atoms with van der Waals surface area (Å²) in [6, 6.07) is 0.250. The van der Waals surface area contributed by atoms with Crippen molar-refractivity contribution in [2.45, 2.75) is 50.0 Å². The Balaban J connectivity index is 1.37. The topological polar surface area (TPSA) is 85.2 Å². The number of halogens is 3. The second-order valence-corrected chi connectivity index (χ2v) is 7.35. The molecule has 3 aliphatic heterocycles. The van der Waals surface area contributed by atoms with Crippen LogP contribution in [0.3, 0.4) is 0 Å². The number of carbonyl (C=O) groups is 1. The molecular weight excluding hydrogens is 361 g/mol. The summed E-state index contributed by atoms with van der Waals surface area (Å²) >= 11 is 0. The first kappa shape index (κ1) is 17.8. The SMILES string of the molecule is N#CN1[C@H]2CC[C@@H]1[C@H](NC(=O)C1CCN(c3cncc(C(F)(F)F)n3)C1)C2. The lowest BCUT2D eigenvalue weighted by Crippen LogP contribution is -2.46. The molecule has 2 bridgehead atoms. The molecule has 3 saturated heterocycles. The van der Waals surface area contributed by atoms with Gasteiger partial charge in [0, 0.05) is 19.1 Å². The van der Waals surface area contributed by atoms with E-state index in [1.807, 2.05) is 0 Å². The van der Waals surface area contributed by atoms with Crippen LogP contribution in [-0.4, -0.2) is 52.0 Å². The highest BCUT2D eigenvalue weighted by Crippen LogP contribution is 2.37. The minimum atomic E-state index is -4.55. The predicted molar refractivity (Wildman–Crippen MR) is 88.2 cm³/mol. The minimum absolute atomic E-state index is 0.0294. The first-order valence-corrected chi connectivity index (χ1v) is 8.99. The number of hydrogen-bond donors (Lipinski definition) is 1. The van der Waals surface area contributed by atoms with E-state index in [-0.39, 0.29) is 35.8 Å². The summed E-state index contributed by atoms with van der Waals surface area (Å²) in [4.78, 5) is 23.3. The number of alkyl halides is 3. The number of carbonyl (C=O) groups excluding carboxylic acids is 1. The van der Waals surface area contributed by atoms with Crippen LogP contribution in [0.4, 0.5) is 19.0 Å². The van der Waals surface area contributed by atoms with Gasteiger partial charge < -0.3 is 15.1 Å². The van der Waals surface area contributed by atoms with E-state index in [9.17, 15) is 23.2 Å². The van der Waals surface area contributed by atoms with Gasteiger partial charge in [0.1, 0.15) is 5.82 Å². The van der Waals surface area contributed by atoms with Gasteiger partial charge in [0.05, 0.1) is 30.4 Å². The lowest BCUT2D eigenvalue weighted by molar-refractivity contribution is -0.141. The summed E-state index contributed by atoms with van der Waals surface area (Å²) in [6.07, 6.45) is 2.86. The van der Waals surface area contributed by atoms with Crippen molar-refractivity contribution < 1.29 is 18.0 Å². The maximum Gasteiger partial charge on any atom is 0.434 e. The molecule has 10 heteroatoms. The fourth-order valence-corrected chi connectivity index (χ4v) is 4.43. The van der Waals surface area contributed by atoms with Crippen molar-refractivity contribution in [1.29, 1.82) is 5.26 Å². The quantitative estimate of drug-likeness (QED) is 0.801. The van der Waals surface area contributed by atoms with Crippen LogP contribution >= 0.6 is 0 Å². The van der Waals surface area contributed by atoms with Crippen LogP contribution in [-0.2, 0) is 11.0 Å². The lowest BCUT2D eigenvalue weighted by Gasteiger charge is -2.24. The third-order valence-electron chi connectivity index (χ3n) is 5.78. The Kier molecular flexibility index (Phi) is 4.32. The average Bonchev–Trinajstić information content (AvgIpc) is 3.35. The van der Waals surface area contributed by atoms with Crippen LogP contribution < -0.4 is 10.2 Å². The minimum Gasteiger partial charge on any atom is -0.355 e. The Morgan fingerprint density at radius 2 is 2.11 bits per heavy atom. The van der Waals surface area contributed by atoms with E-state index >= 15 is 0 Å². The van der Waals surface area contributed by atoms with Crippen molar-refractivity contribution in [3.63, 3.8) is 0 Å². The maximum atomic E-state index is 12.8. The van der Waals surface area contributed by atoms with Gasteiger partial charge in [0.15, 0.2) is 11.9 Å². The number of amides is 1. The molecule has 3 aliphatic rings. The van der Waals surface area contributed by atoms with Crippen LogP contribution in [0.1, 0.15) is 31.4 Å². The third-order valence-corrected chi connectivity index (χ3v) is 5.78. The molecule has 3 fully saturated rings. The summed E-state index contributed by atoms with van der Waals surface area (Å²) in [5, 5.41) is 12.3. The van der Waals surface area contributed by atoms with Crippen LogP contribution in [0, 0.1) is 17.4 Å². The number of fused-ring (bicyclic) bond motifs is 2. The van der Waals surface area contributed by atoms with Gasteiger partial charge in [-0.2, -0.15) is 18.4 Å². The molecule has 0 radical (unpaired) electrons. The van der Waals surface area contributed by atoms with E-state index in [0.717, 1.165) is 19.3 Å². The van der Waals surface area contributed by atoms with Crippen molar-refractivity contribution in [3.05, 3.63) is 18.1 Å². The molecule has 0 saturated carbocycles. The molecule has 0 spiro atoms. The zero-order valence-corrected chi connectivity index (χ0v) is 14.5. The second kappa shape index (κ2) is 6.55. The molecule has 1 unspecified atom stereocenters. The van der Waals surface area contributed by atoms with Gasteiger partial charge in [-0.3, -0.25) is 9.78 Å². The Morgan fingerprint density at radius 3 is 2.81 bits per heavy atom. The number of rotatable bonds is 3. The smallest absolute Gasteiger partial charge is 0.355 e. The number of hydrogen-bond acceptors (Lipinski definition) is 6. The molecule has 144 valence electrons. The number of nitrogens with zero attached hydrogens (tertiary/aromatic N) is 5. The highest BCUT2D eigenvalue weighted by atomic mass is 19.4. The number of aromatic nitrogens is 2. The monoisotopic (exact) mass is 380 g/mol. The third kappa shape index (κ3) is 3.26. The number of nitrogens with one attached hydrogen (secondary N) is 1. The molecule has 7 nitrogen and oxygen atoms in total. The van der Waals surface area contributed by atoms with E-state index < -0.39 is 11.9 Å². The van der Waals surface area contributed by atoms with E-state index in [2.05, 4.69) is 21.5 Å². The van der Waals surface area contributed by atoms with Gasteiger partial charge >= 0.3 is 6.18 Å². The molecule has 0 aromatic carbocycles. The predicted octanol–water partition coefficient (Wildman–Crippen LogP) is 1.52. The van der Waals surface area contributed by atoms with Crippen molar-refractivity contribution in [3.8, 4) is 6.19 Å².